The van der Waals surface area contributed by atoms with Crippen LogP contribution >= 0.6 is 11.6 Å². The minimum atomic E-state index is -1.04. The van der Waals surface area contributed by atoms with Gasteiger partial charge in [0.25, 0.3) is 0 Å². The van der Waals surface area contributed by atoms with Crippen LogP contribution in [0.3, 0.4) is 0 Å². The summed E-state index contributed by atoms with van der Waals surface area (Å²) in [6.45, 7) is 0. The summed E-state index contributed by atoms with van der Waals surface area (Å²) in [5, 5.41) is 11.5. The minimum Gasteiger partial charge on any atom is -0.480 e. The first-order valence-electron chi connectivity index (χ1n) is 5.96. The third kappa shape index (κ3) is 5.72. The fourth-order valence-corrected chi connectivity index (χ4v) is 1.70. The van der Waals surface area contributed by atoms with Crippen LogP contribution in [-0.2, 0) is 16.0 Å². The van der Waals surface area contributed by atoms with Crippen molar-refractivity contribution in [1.29, 1.82) is 0 Å². The lowest BCUT2D eigenvalue weighted by Crippen LogP contribution is -2.32. The van der Waals surface area contributed by atoms with Crippen LogP contribution in [0.1, 0.15) is 18.4 Å². The van der Waals surface area contributed by atoms with Crippen LogP contribution in [0.2, 0.25) is 0 Å². The number of carbonyl (C=O) groups excluding carboxylic acids is 1. The molecule has 0 aliphatic heterocycles. The Morgan fingerprint density at radius 2 is 2.16 bits per heavy atom. The molecule has 5 nitrogen and oxygen atoms in total. The molecule has 0 fully saturated rings. The van der Waals surface area contributed by atoms with Gasteiger partial charge in [0.2, 0.25) is 5.91 Å². The zero-order chi connectivity index (χ0) is 14.3. The second-order valence-corrected chi connectivity index (χ2v) is 4.57. The van der Waals surface area contributed by atoms with E-state index in [1.807, 2.05) is 0 Å². The Kier molecular flexibility index (Phi) is 6.32. The number of carboxylic acids is 1. The quantitative estimate of drug-likeness (QED) is 0.663. The Morgan fingerprint density at radius 3 is 2.79 bits per heavy atom. The van der Waals surface area contributed by atoms with Crippen molar-refractivity contribution >= 4 is 29.2 Å². The van der Waals surface area contributed by atoms with Crippen molar-refractivity contribution in [2.75, 3.05) is 11.2 Å². The number of carboxylic acid groups (broad SMARTS) is 1. The largest absolute Gasteiger partial charge is 0.480 e. The molecule has 0 aliphatic rings. The van der Waals surface area contributed by atoms with Gasteiger partial charge in [0.05, 0.1) is 0 Å². The molecule has 0 aromatic heterocycles. The summed E-state index contributed by atoms with van der Waals surface area (Å²) in [6, 6.07) is 6.05. The molecule has 1 atom stereocenters. The number of halogens is 1. The summed E-state index contributed by atoms with van der Waals surface area (Å²) in [5.74, 6) is -0.710. The lowest BCUT2D eigenvalue weighted by Gasteiger charge is -2.09. The van der Waals surface area contributed by atoms with Gasteiger partial charge >= 0.3 is 5.97 Å². The fourth-order valence-electron chi connectivity index (χ4n) is 1.57. The number of hydrogen-bond acceptors (Lipinski definition) is 3. The summed E-state index contributed by atoms with van der Waals surface area (Å²) in [5.41, 5.74) is 6.87. The molecule has 1 aromatic carbocycles. The van der Waals surface area contributed by atoms with Crippen molar-refractivity contribution in [3.05, 3.63) is 29.8 Å². The molecule has 104 valence electrons. The number of hydrogen-bond donors (Lipinski definition) is 3. The van der Waals surface area contributed by atoms with Crippen LogP contribution in [0.5, 0.6) is 0 Å². The van der Waals surface area contributed by atoms with Crippen LogP contribution in [-0.4, -0.2) is 28.9 Å². The Balaban J connectivity index is 2.61. The molecular weight excluding hydrogens is 268 g/mol. The Bertz CT molecular complexity index is 451. The summed E-state index contributed by atoms with van der Waals surface area (Å²) < 4.78 is 0. The zero-order valence-corrected chi connectivity index (χ0v) is 11.2. The lowest BCUT2D eigenvalue weighted by molar-refractivity contribution is -0.138. The van der Waals surface area contributed by atoms with Gasteiger partial charge in [0, 0.05) is 18.0 Å². The molecule has 1 rings (SSSR count). The number of nitrogens with one attached hydrogen (secondary N) is 1. The highest BCUT2D eigenvalue weighted by atomic mass is 35.5. The average Bonchev–Trinajstić information content (AvgIpc) is 2.36. The van der Waals surface area contributed by atoms with Crippen LogP contribution in [0, 0.1) is 0 Å². The van der Waals surface area contributed by atoms with Crippen molar-refractivity contribution in [2.45, 2.75) is 25.3 Å². The third-order valence-corrected chi connectivity index (χ3v) is 2.79. The highest BCUT2D eigenvalue weighted by molar-refractivity contribution is 6.18. The first kappa shape index (κ1) is 15.5. The molecule has 0 saturated heterocycles. The Morgan fingerprint density at radius 1 is 1.42 bits per heavy atom. The van der Waals surface area contributed by atoms with Crippen molar-refractivity contribution in [3.8, 4) is 0 Å². The highest BCUT2D eigenvalue weighted by Crippen LogP contribution is 2.13. The van der Waals surface area contributed by atoms with E-state index in [2.05, 4.69) is 5.32 Å². The van der Waals surface area contributed by atoms with E-state index in [4.69, 9.17) is 22.4 Å². The topological polar surface area (TPSA) is 92.4 Å². The van der Waals surface area contributed by atoms with Crippen LogP contribution in [0.25, 0.3) is 0 Å². The summed E-state index contributed by atoms with van der Waals surface area (Å²) >= 11 is 5.51. The normalized spacial score (nSPS) is 11.9. The number of nitrogens with two attached hydrogens (primary N) is 1. The Hall–Kier alpha value is -1.59. The van der Waals surface area contributed by atoms with Gasteiger partial charge in [-0.1, -0.05) is 12.1 Å². The van der Waals surface area contributed by atoms with Gasteiger partial charge < -0.3 is 16.2 Å². The summed E-state index contributed by atoms with van der Waals surface area (Å²) in [7, 11) is 0. The molecule has 1 aromatic rings. The molecule has 0 bridgehead atoms. The van der Waals surface area contributed by atoms with E-state index in [0.29, 0.717) is 24.4 Å². The predicted octanol–water partition coefficient (Wildman–Crippen LogP) is 1.60. The number of amides is 1. The van der Waals surface area contributed by atoms with E-state index in [1.165, 1.54) is 0 Å². The van der Waals surface area contributed by atoms with E-state index >= 15 is 0 Å². The minimum absolute atomic E-state index is 0.111. The second kappa shape index (κ2) is 7.76. The Labute approximate surface area is 116 Å². The first-order chi connectivity index (χ1) is 9.02. The number of anilines is 1. The first-order valence-corrected chi connectivity index (χ1v) is 6.49. The molecular formula is C13H17ClN2O3. The number of rotatable bonds is 7. The van der Waals surface area contributed by atoms with E-state index in [-0.39, 0.29) is 12.3 Å². The van der Waals surface area contributed by atoms with Crippen molar-refractivity contribution < 1.29 is 14.7 Å². The lowest BCUT2D eigenvalue weighted by atomic mass is 10.1. The standard InChI is InChI=1S/C13H17ClN2O3/c14-6-2-5-12(17)16-10-4-1-3-9(7-10)8-11(15)13(18)19/h1,3-4,7,11H,2,5-6,8,15H2,(H,16,17)(H,18,19). The average molecular weight is 285 g/mol. The predicted molar refractivity (Wildman–Crippen MR) is 74.3 cm³/mol. The smallest absolute Gasteiger partial charge is 0.320 e. The van der Waals surface area contributed by atoms with Gasteiger partial charge in [-0.3, -0.25) is 9.59 Å². The molecule has 0 spiro atoms. The van der Waals surface area contributed by atoms with Crippen LogP contribution in [0.15, 0.2) is 24.3 Å². The molecule has 4 N–H and O–H groups in total. The fraction of sp³-hybridized carbons (Fsp3) is 0.385. The van der Waals surface area contributed by atoms with Crippen molar-refractivity contribution in [3.63, 3.8) is 0 Å². The van der Waals surface area contributed by atoms with Gasteiger partial charge in [-0.25, -0.2) is 0 Å². The molecule has 0 heterocycles. The molecule has 0 aliphatic carbocycles. The van der Waals surface area contributed by atoms with Gasteiger partial charge in [-0.2, -0.15) is 0 Å². The van der Waals surface area contributed by atoms with Crippen LogP contribution < -0.4 is 11.1 Å². The maximum absolute atomic E-state index is 11.5. The van der Waals surface area contributed by atoms with E-state index in [0.717, 1.165) is 5.56 Å². The van der Waals surface area contributed by atoms with Crippen molar-refractivity contribution in [2.24, 2.45) is 5.73 Å². The van der Waals surface area contributed by atoms with Gasteiger partial charge in [0.1, 0.15) is 6.04 Å². The maximum Gasteiger partial charge on any atom is 0.320 e. The number of benzene rings is 1. The van der Waals surface area contributed by atoms with E-state index < -0.39 is 12.0 Å². The van der Waals surface area contributed by atoms with Gasteiger partial charge in [0.15, 0.2) is 0 Å². The second-order valence-electron chi connectivity index (χ2n) is 4.19. The third-order valence-electron chi connectivity index (χ3n) is 2.52. The van der Waals surface area contributed by atoms with E-state index in [1.54, 1.807) is 24.3 Å². The molecule has 0 radical (unpaired) electrons. The van der Waals surface area contributed by atoms with Crippen molar-refractivity contribution in [1.82, 2.24) is 0 Å². The number of alkyl halides is 1. The highest BCUT2D eigenvalue weighted by Gasteiger charge is 2.12. The number of aliphatic carboxylic acids is 1. The van der Waals surface area contributed by atoms with Gasteiger partial charge in [-0.15, -0.1) is 11.6 Å². The van der Waals surface area contributed by atoms with Crippen LogP contribution in [0.4, 0.5) is 5.69 Å². The summed E-state index contributed by atoms with van der Waals surface area (Å²) in [4.78, 5) is 22.2. The zero-order valence-electron chi connectivity index (χ0n) is 10.4. The molecule has 6 heteroatoms. The maximum atomic E-state index is 11.5. The van der Waals surface area contributed by atoms with E-state index in [9.17, 15) is 9.59 Å². The molecule has 1 amide bonds. The molecule has 19 heavy (non-hydrogen) atoms. The van der Waals surface area contributed by atoms with Gasteiger partial charge in [-0.05, 0) is 30.5 Å². The molecule has 0 saturated carbocycles. The SMILES string of the molecule is NC(Cc1cccc(NC(=O)CCCCl)c1)C(=O)O. The molecule has 1 unspecified atom stereocenters. The number of carbonyl (C=O) groups is 2. The monoisotopic (exact) mass is 284 g/mol. The summed E-state index contributed by atoms with van der Waals surface area (Å²) in [6.07, 6.45) is 1.21.